The second kappa shape index (κ2) is 6.27. The fraction of sp³-hybridized carbons (Fsp3) is 0.929. The molecule has 0 atom stereocenters. The number of hydrogen-bond donors (Lipinski definition) is 0. The van der Waals surface area contributed by atoms with Crippen LogP contribution in [0.15, 0.2) is 0 Å². The quantitative estimate of drug-likeness (QED) is 0.688. The highest BCUT2D eigenvalue weighted by atomic mass is 16.2. The molecular weight excluding hydrogens is 212 g/mol. The van der Waals surface area contributed by atoms with Crippen LogP contribution < -0.4 is 0 Å². The fourth-order valence-electron chi connectivity index (χ4n) is 2.99. The van der Waals surface area contributed by atoms with Crippen molar-refractivity contribution < 1.29 is 4.79 Å². The van der Waals surface area contributed by atoms with Crippen molar-refractivity contribution in [2.75, 3.05) is 26.2 Å². The Morgan fingerprint density at radius 2 is 1.47 bits per heavy atom. The van der Waals surface area contributed by atoms with E-state index < -0.39 is 0 Å². The monoisotopic (exact) mass is 238 g/mol. The number of hydrogen-bond acceptors (Lipinski definition) is 1. The van der Waals surface area contributed by atoms with Gasteiger partial charge in [0.05, 0.1) is 0 Å². The predicted molar refractivity (Wildman–Crippen MR) is 70.0 cm³/mol. The number of amides is 2. The number of likely N-dealkylation sites (tertiary alicyclic amines) is 2. The Kier molecular flexibility index (Phi) is 4.69. The molecule has 0 aromatic rings. The lowest BCUT2D eigenvalue weighted by atomic mass is 9.95. The first-order valence-corrected chi connectivity index (χ1v) is 7.35. The molecule has 0 saturated carbocycles. The molecule has 2 amide bonds. The van der Waals surface area contributed by atoms with E-state index in [0.29, 0.717) is 6.03 Å². The number of urea groups is 1. The standard InChI is InChI=1S/C14H26N2O/c1-2-13-7-11-16(12-8-13)14(17)15-9-5-3-4-6-10-15/h13H,2-12H2,1H3. The highest BCUT2D eigenvalue weighted by Crippen LogP contribution is 2.21. The second-order valence-electron chi connectivity index (χ2n) is 5.52. The van der Waals surface area contributed by atoms with E-state index >= 15 is 0 Å². The van der Waals surface area contributed by atoms with Crippen molar-refractivity contribution in [3.63, 3.8) is 0 Å². The second-order valence-corrected chi connectivity index (χ2v) is 5.52. The number of piperidine rings is 1. The van der Waals surface area contributed by atoms with Crippen molar-refractivity contribution in [2.24, 2.45) is 5.92 Å². The van der Waals surface area contributed by atoms with E-state index in [2.05, 4.69) is 16.7 Å². The number of carbonyl (C=O) groups excluding carboxylic acids is 1. The molecule has 17 heavy (non-hydrogen) atoms. The van der Waals surface area contributed by atoms with Gasteiger partial charge in [0.2, 0.25) is 0 Å². The topological polar surface area (TPSA) is 23.6 Å². The molecule has 2 heterocycles. The summed E-state index contributed by atoms with van der Waals surface area (Å²) >= 11 is 0. The van der Waals surface area contributed by atoms with Crippen LogP contribution in [0.3, 0.4) is 0 Å². The summed E-state index contributed by atoms with van der Waals surface area (Å²) in [6, 6.07) is 0.307. The lowest BCUT2D eigenvalue weighted by molar-refractivity contribution is 0.133. The first-order chi connectivity index (χ1) is 8.31. The molecule has 2 fully saturated rings. The van der Waals surface area contributed by atoms with Gasteiger partial charge in [-0.3, -0.25) is 0 Å². The van der Waals surface area contributed by atoms with E-state index in [0.717, 1.165) is 32.1 Å². The van der Waals surface area contributed by atoms with Gasteiger partial charge < -0.3 is 9.80 Å². The first-order valence-electron chi connectivity index (χ1n) is 7.35. The van der Waals surface area contributed by atoms with E-state index in [4.69, 9.17) is 0 Å². The largest absolute Gasteiger partial charge is 0.325 e. The van der Waals surface area contributed by atoms with Crippen molar-refractivity contribution in [1.29, 1.82) is 0 Å². The van der Waals surface area contributed by atoms with E-state index in [1.807, 2.05) is 0 Å². The molecule has 0 spiro atoms. The molecule has 2 aliphatic rings. The van der Waals surface area contributed by atoms with E-state index in [1.54, 1.807) is 0 Å². The van der Waals surface area contributed by atoms with Gasteiger partial charge in [0.15, 0.2) is 0 Å². The van der Waals surface area contributed by atoms with Crippen LogP contribution in [0.25, 0.3) is 0 Å². The molecule has 3 heteroatoms. The SMILES string of the molecule is CCC1CCN(C(=O)N2CCCCCC2)CC1. The summed E-state index contributed by atoms with van der Waals surface area (Å²) in [5.74, 6) is 0.850. The molecule has 2 aliphatic heterocycles. The van der Waals surface area contributed by atoms with Gasteiger partial charge in [-0.1, -0.05) is 26.2 Å². The Morgan fingerprint density at radius 1 is 0.941 bits per heavy atom. The minimum atomic E-state index is 0.307. The Bertz CT molecular complexity index is 239. The maximum Gasteiger partial charge on any atom is 0.319 e. The highest BCUT2D eigenvalue weighted by molar-refractivity contribution is 5.74. The molecule has 98 valence electrons. The molecule has 0 aromatic heterocycles. The fourth-order valence-corrected chi connectivity index (χ4v) is 2.99. The molecule has 0 N–H and O–H groups in total. The van der Waals surface area contributed by atoms with Gasteiger partial charge in [0, 0.05) is 26.2 Å². The van der Waals surface area contributed by atoms with Gasteiger partial charge in [0.1, 0.15) is 0 Å². The Morgan fingerprint density at radius 3 is 2.00 bits per heavy atom. The van der Waals surface area contributed by atoms with Gasteiger partial charge in [-0.25, -0.2) is 4.79 Å². The molecule has 0 unspecified atom stereocenters. The number of rotatable bonds is 1. The van der Waals surface area contributed by atoms with Crippen LogP contribution in [0.1, 0.15) is 51.9 Å². The maximum atomic E-state index is 12.4. The smallest absolute Gasteiger partial charge is 0.319 e. The molecule has 0 aliphatic carbocycles. The van der Waals surface area contributed by atoms with Crippen LogP contribution in [0.4, 0.5) is 4.79 Å². The van der Waals surface area contributed by atoms with Crippen LogP contribution in [-0.2, 0) is 0 Å². The van der Waals surface area contributed by atoms with Gasteiger partial charge in [0.25, 0.3) is 0 Å². The minimum absolute atomic E-state index is 0.307. The first kappa shape index (κ1) is 12.7. The summed E-state index contributed by atoms with van der Waals surface area (Å²) in [4.78, 5) is 16.5. The summed E-state index contributed by atoms with van der Waals surface area (Å²) in [5, 5.41) is 0. The zero-order valence-corrected chi connectivity index (χ0v) is 11.2. The average Bonchev–Trinajstić information content (AvgIpc) is 2.67. The molecule has 3 nitrogen and oxygen atoms in total. The average molecular weight is 238 g/mol. The van der Waals surface area contributed by atoms with E-state index in [9.17, 15) is 4.79 Å². The molecular formula is C14H26N2O. The van der Waals surface area contributed by atoms with Crippen LogP contribution in [0.2, 0.25) is 0 Å². The molecule has 0 aromatic carbocycles. The van der Waals surface area contributed by atoms with Gasteiger partial charge >= 0.3 is 6.03 Å². The summed E-state index contributed by atoms with van der Waals surface area (Å²) < 4.78 is 0. The van der Waals surface area contributed by atoms with Crippen LogP contribution in [0, 0.1) is 5.92 Å². The molecule has 2 rings (SSSR count). The molecule has 2 saturated heterocycles. The molecule has 0 radical (unpaired) electrons. The minimum Gasteiger partial charge on any atom is -0.325 e. The zero-order valence-electron chi connectivity index (χ0n) is 11.2. The van der Waals surface area contributed by atoms with Crippen LogP contribution >= 0.6 is 0 Å². The zero-order chi connectivity index (χ0) is 12.1. The van der Waals surface area contributed by atoms with E-state index in [-0.39, 0.29) is 0 Å². The summed E-state index contributed by atoms with van der Waals surface area (Å²) in [7, 11) is 0. The van der Waals surface area contributed by atoms with Gasteiger partial charge in [-0.15, -0.1) is 0 Å². The van der Waals surface area contributed by atoms with Crippen molar-refractivity contribution in [3.8, 4) is 0 Å². The maximum absolute atomic E-state index is 12.4. The normalized spacial score (nSPS) is 23.6. The van der Waals surface area contributed by atoms with E-state index in [1.165, 1.54) is 44.9 Å². The highest BCUT2D eigenvalue weighted by Gasteiger charge is 2.25. The number of nitrogens with zero attached hydrogens (tertiary/aromatic N) is 2. The lowest BCUT2D eigenvalue weighted by Crippen LogP contribution is -2.47. The Balaban J connectivity index is 1.82. The predicted octanol–water partition coefficient (Wildman–Crippen LogP) is 3.10. The third-order valence-electron chi connectivity index (χ3n) is 4.34. The molecule has 0 bridgehead atoms. The van der Waals surface area contributed by atoms with Gasteiger partial charge in [-0.05, 0) is 31.6 Å². The third kappa shape index (κ3) is 3.36. The van der Waals surface area contributed by atoms with Crippen molar-refractivity contribution >= 4 is 6.03 Å². The summed E-state index contributed by atoms with van der Waals surface area (Å²) in [5.41, 5.74) is 0. The van der Waals surface area contributed by atoms with Crippen molar-refractivity contribution in [2.45, 2.75) is 51.9 Å². The van der Waals surface area contributed by atoms with Crippen molar-refractivity contribution in [1.82, 2.24) is 9.80 Å². The van der Waals surface area contributed by atoms with Gasteiger partial charge in [-0.2, -0.15) is 0 Å². The van der Waals surface area contributed by atoms with Crippen molar-refractivity contribution in [3.05, 3.63) is 0 Å². The summed E-state index contributed by atoms with van der Waals surface area (Å²) in [6.45, 7) is 6.18. The Labute approximate surface area is 105 Å². The van der Waals surface area contributed by atoms with Crippen LogP contribution in [0.5, 0.6) is 0 Å². The lowest BCUT2D eigenvalue weighted by Gasteiger charge is -2.35. The number of carbonyl (C=O) groups is 1. The summed E-state index contributed by atoms with van der Waals surface area (Å²) in [6.07, 6.45) is 8.65. The Hall–Kier alpha value is -0.730. The third-order valence-corrected chi connectivity index (χ3v) is 4.34. The van der Waals surface area contributed by atoms with Crippen LogP contribution in [-0.4, -0.2) is 42.0 Å².